The van der Waals surface area contributed by atoms with Crippen molar-refractivity contribution in [2.45, 2.75) is 32.9 Å². The zero-order valence-corrected chi connectivity index (χ0v) is 12.6. The number of nitrogens with one attached hydrogen (secondary N) is 1. The third kappa shape index (κ3) is 5.59. The van der Waals surface area contributed by atoms with E-state index in [1.54, 1.807) is 20.1 Å². The van der Waals surface area contributed by atoms with E-state index in [0.717, 1.165) is 0 Å². The van der Waals surface area contributed by atoms with Crippen molar-refractivity contribution >= 4 is 11.6 Å². The average molecular weight is 280 g/mol. The van der Waals surface area contributed by atoms with Crippen LogP contribution in [0.4, 0.5) is 5.69 Å². The molecule has 1 aromatic rings. The van der Waals surface area contributed by atoms with Crippen LogP contribution in [0, 0.1) is 0 Å². The van der Waals surface area contributed by atoms with Gasteiger partial charge in [-0.2, -0.15) is 0 Å². The van der Waals surface area contributed by atoms with Crippen molar-refractivity contribution in [1.82, 2.24) is 4.90 Å². The smallest absolute Gasteiger partial charge is 0.238 e. The van der Waals surface area contributed by atoms with E-state index in [4.69, 9.17) is 4.74 Å². The summed E-state index contributed by atoms with van der Waals surface area (Å²) < 4.78 is 5.11. The molecule has 0 radical (unpaired) electrons. The number of aliphatic hydroxyl groups is 1. The Balaban J connectivity index is 2.60. The molecular weight excluding hydrogens is 256 g/mol. The number of anilines is 1. The van der Waals surface area contributed by atoms with Crippen molar-refractivity contribution in [3.8, 4) is 5.75 Å². The van der Waals surface area contributed by atoms with Crippen LogP contribution in [0.2, 0.25) is 0 Å². The fourth-order valence-electron chi connectivity index (χ4n) is 1.88. The summed E-state index contributed by atoms with van der Waals surface area (Å²) in [6, 6.07) is 7.43. The molecule has 5 heteroatoms. The molecule has 1 unspecified atom stereocenters. The number of carbonyl (C=O) groups excluding carboxylic acids is 1. The summed E-state index contributed by atoms with van der Waals surface area (Å²) >= 11 is 0. The van der Waals surface area contributed by atoms with Crippen LogP contribution in [-0.2, 0) is 4.79 Å². The van der Waals surface area contributed by atoms with E-state index < -0.39 is 6.10 Å². The Kier molecular flexibility index (Phi) is 6.48. The lowest BCUT2D eigenvalue weighted by atomic mass is 10.2. The van der Waals surface area contributed by atoms with Crippen LogP contribution in [0.5, 0.6) is 5.75 Å². The third-order valence-electron chi connectivity index (χ3n) is 2.93. The monoisotopic (exact) mass is 280 g/mol. The molecule has 2 N–H and O–H groups in total. The fourth-order valence-corrected chi connectivity index (χ4v) is 1.88. The molecule has 1 atom stereocenters. The van der Waals surface area contributed by atoms with E-state index in [1.807, 2.05) is 36.9 Å². The zero-order valence-electron chi connectivity index (χ0n) is 12.6. The van der Waals surface area contributed by atoms with Gasteiger partial charge < -0.3 is 15.2 Å². The van der Waals surface area contributed by atoms with Crippen molar-refractivity contribution in [3.63, 3.8) is 0 Å². The Bertz CT molecular complexity index is 433. The molecule has 112 valence electrons. The van der Waals surface area contributed by atoms with Gasteiger partial charge in [-0.15, -0.1) is 0 Å². The van der Waals surface area contributed by atoms with Crippen molar-refractivity contribution < 1.29 is 14.6 Å². The molecule has 1 rings (SSSR count). The van der Waals surface area contributed by atoms with E-state index in [-0.39, 0.29) is 18.5 Å². The fraction of sp³-hybridized carbons (Fsp3) is 0.533. The van der Waals surface area contributed by atoms with Crippen LogP contribution in [-0.4, -0.2) is 48.3 Å². The average Bonchev–Trinajstić information content (AvgIpc) is 2.37. The van der Waals surface area contributed by atoms with Gasteiger partial charge in [-0.1, -0.05) is 6.07 Å². The zero-order chi connectivity index (χ0) is 15.1. The first-order chi connectivity index (χ1) is 9.42. The second-order valence-electron chi connectivity index (χ2n) is 5.15. The van der Waals surface area contributed by atoms with Gasteiger partial charge in [0, 0.05) is 24.3 Å². The van der Waals surface area contributed by atoms with Crippen LogP contribution in [0.25, 0.3) is 0 Å². The third-order valence-corrected chi connectivity index (χ3v) is 2.93. The molecule has 20 heavy (non-hydrogen) atoms. The lowest BCUT2D eigenvalue weighted by Gasteiger charge is -2.26. The minimum atomic E-state index is -0.456. The normalized spacial score (nSPS) is 12.6. The van der Waals surface area contributed by atoms with E-state index in [1.165, 1.54) is 0 Å². The quantitative estimate of drug-likeness (QED) is 0.798. The van der Waals surface area contributed by atoms with Gasteiger partial charge in [-0.3, -0.25) is 9.69 Å². The Morgan fingerprint density at radius 1 is 1.40 bits per heavy atom. The summed E-state index contributed by atoms with van der Waals surface area (Å²) in [5, 5.41) is 12.3. The van der Waals surface area contributed by atoms with Crippen LogP contribution >= 0.6 is 0 Å². The number of ether oxygens (including phenoxy) is 1. The Hall–Kier alpha value is -1.59. The van der Waals surface area contributed by atoms with Crippen molar-refractivity contribution in [1.29, 1.82) is 0 Å². The molecule has 0 saturated carbocycles. The lowest BCUT2D eigenvalue weighted by molar-refractivity contribution is -0.118. The maximum atomic E-state index is 12.0. The second-order valence-corrected chi connectivity index (χ2v) is 5.15. The summed E-state index contributed by atoms with van der Waals surface area (Å²) in [5.74, 6) is 0.597. The highest BCUT2D eigenvalue weighted by atomic mass is 16.5. The molecule has 0 fully saturated rings. The SMILES string of the molecule is COc1cccc(NC(=O)CN(CC(C)O)C(C)C)c1. The van der Waals surface area contributed by atoms with Gasteiger partial charge in [0.15, 0.2) is 0 Å². The largest absolute Gasteiger partial charge is 0.497 e. The van der Waals surface area contributed by atoms with Crippen molar-refractivity contribution in [2.75, 3.05) is 25.5 Å². The van der Waals surface area contributed by atoms with Gasteiger partial charge in [0.05, 0.1) is 19.8 Å². The maximum Gasteiger partial charge on any atom is 0.238 e. The number of hydrogen-bond donors (Lipinski definition) is 2. The number of amides is 1. The van der Waals surface area contributed by atoms with E-state index >= 15 is 0 Å². The Morgan fingerprint density at radius 3 is 2.65 bits per heavy atom. The molecule has 0 bridgehead atoms. The maximum absolute atomic E-state index is 12.0. The lowest BCUT2D eigenvalue weighted by Crippen LogP contribution is -2.41. The number of aliphatic hydroxyl groups excluding tert-OH is 1. The summed E-state index contributed by atoms with van der Waals surface area (Å²) in [4.78, 5) is 14.0. The van der Waals surface area contributed by atoms with Crippen LogP contribution < -0.4 is 10.1 Å². The molecule has 0 aromatic heterocycles. The molecule has 1 aromatic carbocycles. The van der Waals surface area contributed by atoms with Crippen LogP contribution in [0.3, 0.4) is 0 Å². The predicted octanol–water partition coefficient (Wildman–Crippen LogP) is 1.72. The minimum absolute atomic E-state index is 0.104. The Morgan fingerprint density at radius 2 is 2.10 bits per heavy atom. The van der Waals surface area contributed by atoms with Crippen LogP contribution in [0.15, 0.2) is 24.3 Å². The minimum Gasteiger partial charge on any atom is -0.497 e. The highest BCUT2D eigenvalue weighted by molar-refractivity contribution is 5.92. The first-order valence-electron chi connectivity index (χ1n) is 6.78. The molecule has 0 spiro atoms. The molecule has 1 amide bonds. The molecule has 0 saturated heterocycles. The van der Waals surface area contributed by atoms with Gasteiger partial charge in [0.1, 0.15) is 5.75 Å². The van der Waals surface area contributed by atoms with Crippen molar-refractivity contribution in [3.05, 3.63) is 24.3 Å². The van der Waals surface area contributed by atoms with Gasteiger partial charge in [-0.05, 0) is 32.9 Å². The highest BCUT2D eigenvalue weighted by Gasteiger charge is 2.16. The standard InChI is InChI=1S/C15H24N2O3/c1-11(2)17(9-12(3)18)10-15(19)16-13-6-5-7-14(8-13)20-4/h5-8,11-12,18H,9-10H2,1-4H3,(H,16,19). The highest BCUT2D eigenvalue weighted by Crippen LogP contribution is 2.16. The molecule has 0 aliphatic heterocycles. The summed E-state index contributed by atoms with van der Waals surface area (Å²) in [7, 11) is 1.59. The summed E-state index contributed by atoms with van der Waals surface area (Å²) in [6.07, 6.45) is -0.456. The van der Waals surface area contributed by atoms with Gasteiger partial charge in [0.2, 0.25) is 5.91 Å². The molecular formula is C15H24N2O3. The number of hydrogen-bond acceptors (Lipinski definition) is 4. The topological polar surface area (TPSA) is 61.8 Å². The van der Waals surface area contributed by atoms with E-state index in [9.17, 15) is 9.90 Å². The molecule has 0 aliphatic rings. The second kappa shape index (κ2) is 7.87. The predicted molar refractivity (Wildman–Crippen MR) is 80.0 cm³/mol. The Labute approximate surface area is 120 Å². The number of nitrogens with zero attached hydrogens (tertiary/aromatic N) is 1. The number of carbonyl (C=O) groups is 1. The van der Waals surface area contributed by atoms with E-state index in [0.29, 0.717) is 18.0 Å². The molecule has 5 nitrogen and oxygen atoms in total. The summed E-state index contributed by atoms with van der Waals surface area (Å²) in [6.45, 7) is 6.45. The molecule has 0 aliphatic carbocycles. The number of methoxy groups -OCH3 is 1. The van der Waals surface area contributed by atoms with Gasteiger partial charge in [0.25, 0.3) is 0 Å². The number of benzene rings is 1. The van der Waals surface area contributed by atoms with Gasteiger partial charge >= 0.3 is 0 Å². The van der Waals surface area contributed by atoms with E-state index in [2.05, 4.69) is 5.32 Å². The van der Waals surface area contributed by atoms with Crippen molar-refractivity contribution in [2.24, 2.45) is 0 Å². The first-order valence-corrected chi connectivity index (χ1v) is 6.78. The molecule has 0 heterocycles. The van der Waals surface area contributed by atoms with Gasteiger partial charge in [-0.25, -0.2) is 0 Å². The summed E-state index contributed by atoms with van der Waals surface area (Å²) in [5.41, 5.74) is 0.704. The first kappa shape index (κ1) is 16.5. The van der Waals surface area contributed by atoms with Crippen LogP contribution in [0.1, 0.15) is 20.8 Å². The number of rotatable bonds is 7.